The minimum absolute atomic E-state index is 0.0582. The Kier molecular flexibility index (Phi) is 5.38. The maximum atomic E-state index is 12.9. The van der Waals surface area contributed by atoms with Crippen LogP contribution in [-0.2, 0) is 6.18 Å². The Hall–Kier alpha value is -3.07. The Balaban J connectivity index is 1.44. The number of rotatable bonds is 3. The average Bonchev–Trinajstić information content (AvgIpc) is 3.28. The van der Waals surface area contributed by atoms with Gasteiger partial charge in [-0.05, 0) is 41.8 Å². The summed E-state index contributed by atoms with van der Waals surface area (Å²) < 4.78 is 38.8. The summed E-state index contributed by atoms with van der Waals surface area (Å²) in [4.78, 5) is 32.2. The molecule has 1 saturated heterocycles. The number of halogens is 3. The normalized spacial score (nSPS) is 14.8. The lowest BCUT2D eigenvalue weighted by Gasteiger charge is -2.36. The number of hydrogen-bond acceptors (Lipinski definition) is 4. The number of pyridine rings is 1. The molecule has 156 valence electrons. The van der Waals surface area contributed by atoms with Gasteiger partial charge in [-0.1, -0.05) is 12.1 Å². The van der Waals surface area contributed by atoms with Gasteiger partial charge < -0.3 is 14.8 Å². The van der Waals surface area contributed by atoms with Crippen molar-refractivity contribution in [1.82, 2.24) is 9.88 Å². The number of aromatic amines is 1. The summed E-state index contributed by atoms with van der Waals surface area (Å²) in [5.41, 5.74) is 0.0286. The first kappa shape index (κ1) is 20.2. The van der Waals surface area contributed by atoms with Crippen molar-refractivity contribution in [3.8, 4) is 10.6 Å². The van der Waals surface area contributed by atoms with E-state index in [-0.39, 0.29) is 11.5 Å². The first-order chi connectivity index (χ1) is 14.3. The van der Waals surface area contributed by atoms with Crippen molar-refractivity contribution in [2.24, 2.45) is 0 Å². The van der Waals surface area contributed by atoms with Crippen molar-refractivity contribution in [2.45, 2.75) is 6.18 Å². The van der Waals surface area contributed by atoms with Crippen LogP contribution in [0.4, 0.5) is 18.9 Å². The van der Waals surface area contributed by atoms with Crippen LogP contribution in [0, 0.1) is 0 Å². The molecule has 3 heterocycles. The second kappa shape index (κ2) is 7.98. The Morgan fingerprint density at radius 1 is 1.00 bits per heavy atom. The van der Waals surface area contributed by atoms with Gasteiger partial charge in [-0.15, -0.1) is 11.3 Å². The van der Waals surface area contributed by atoms with Crippen LogP contribution >= 0.6 is 11.3 Å². The highest BCUT2D eigenvalue weighted by Gasteiger charge is 2.31. The van der Waals surface area contributed by atoms with Crippen LogP contribution in [0.2, 0.25) is 0 Å². The molecule has 1 aliphatic heterocycles. The first-order valence-electron chi connectivity index (χ1n) is 9.31. The summed E-state index contributed by atoms with van der Waals surface area (Å²) in [5, 5.41) is 1.90. The minimum atomic E-state index is -4.40. The van der Waals surface area contributed by atoms with Gasteiger partial charge in [-0.3, -0.25) is 9.59 Å². The molecule has 1 N–H and O–H groups in total. The molecule has 1 aliphatic rings. The Labute approximate surface area is 174 Å². The van der Waals surface area contributed by atoms with E-state index in [0.29, 0.717) is 37.6 Å². The van der Waals surface area contributed by atoms with Crippen molar-refractivity contribution in [3.63, 3.8) is 0 Å². The molecule has 0 atom stereocenters. The third-order valence-electron chi connectivity index (χ3n) is 5.03. The van der Waals surface area contributed by atoms with Crippen LogP contribution in [0.1, 0.15) is 15.9 Å². The summed E-state index contributed by atoms with van der Waals surface area (Å²) in [6.07, 6.45) is -4.40. The summed E-state index contributed by atoms with van der Waals surface area (Å²) in [6.45, 7) is 1.42. The molecular weight excluding hydrogens is 415 g/mol. The second-order valence-corrected chi connectivity index (χ2v) is 7.87. The van der Waals surface area contributed by atoms with Crippen molar-refractivity contribution in [3.05, 3.63) is 75.4 Å². The number of aromatic nitrogens is 1. The van der Waals surface area contributed by atoms with E-state index in [2.05, 4.69) is 4.98 Å². The molecule has 4 rings (SSSR count). The van der Waals surface area contributed by atoms with Gasteiger partial charge in [-0.2, -0.15) is 13.2 Å². The maximum absolute atomic E-state index is 12.9. The molecule has 9 heteroatoms. The molecule has 1 amide bonds. The fraction of sp³-hybridized carbons (Fsp3) is 0.238. The molecule has 0 aliphatic carbocycles. The Bertz CT molecular complexity index is 1100. The van der Waals surface area contributed by atoms with Crippen LogP contribution in [0.5, 0.6) is 0 Å². The van der Waals surface area contributed by atoms with Crippen molar-refractivity contribution in [2.75, 3.05) is 31.1 Å². The summed E-state index contributed by atoms with van der Waals surface area (Å²) in [5.74, 6) is -0.377. The highest BCUT2D eigenvalue weighted by atomic mass is 32.1. The lowest BCUT2D eigenvalue weighted by atomic mass is 10.1. The zero-order chi connectivity index (χ0) is 21.3. The third-order valence-corrected chi connectivity index (χ3v) is 5.94. The van der Waals surface area contributed by atoms with Crippen LogP contribution in [-0.4, -0.2) is 42.0 Å². The molecule has 0 saturated carbocycles. The van der Waals surface area contributed by atoms with E-state index in [0.717, 1.165) is 17.0 Å². The number of carbonyl (C=O) groups excluding carboxylic acids is 1. The van der Waals surface area contributed by atoms with Crippen LogP contribution in [0.25, 0.3) is 10.6 Å². The van der Waals surface area contributed by atoms with Crippen LogP contribution < -0.4 is 10.5 Å². The number of hydrogen-bond donors (Lipinski definition) is 1. The van der Waals surface area contributed by atoms with Crippen LogP contribution in [0.3, 0.4) is 0 Å². The number of carbonyl (C=O) groups is 1. The second-order valence-electron chi connectivity index (χ2n) is 6.92. The van der Waals surface area contributed by atoms with Gasteiger partial charge in [0.25, 0.3) is 11.5 Å². The standard InChI is InChI=1S/C21H18F3N3O2S/c22-21(23,24)14-3-1-4-15(13-14)26-8-10-27(11-9-26)20(29)16-6-7-17(25-19(16)28)18-5-2-12-30-18/h1-7,12-13H,8-11H2,(H,25,28). The molecule has 0 bridgehead atoms. The monoisotopic (exact) mass is 433 g/mol. The molecule has 2 aromatic heterocycles. The minimum Gasteiger partial charge on any atom is -0.368 e. The molecule has 1 fully saturated rings. The molecule has 0 spiro atoms. The molecular formula is C21H18F3N3O2S. The molecule has 0 radical (unpaired) electrons. The third kappa shape index (κ3) is 4.11. The summed E-state index contributed by atoms with van der Waals surface area (Å²) in [7, 11) is 0. The average molecular weight is 433 g/mol. The Morgan fingerprint density at radius 3 is 2.40 bits per heavy atom. The highest BCUT2D eigenvalue weighted by Crippen LogP contribution is 2.32. The number of nitrogens with zero attached hydrogens (tertiary/aromatic N) is 2. The van der Waals surface area contributed by atoms with Gasteiger partial charge in [0.05, 0.1) is 16.1 Å². The van der Waals surface area contributed by atoms with E-state index >= 15 is 0 Å². The molecule has 0 unspecified atom stereocenters. The van der Waals surface area contributed by atoms with E-state index in [9.17, 15) is 22.8 Å². The molecule has 5 nitrogen and oxygen atoms in total. The van der Waals surface area contributed by atoms with E-state index in [1.165, 1.54) is 23.5 Å². The number of benzene rings is 1. The zero-order valence-corrected chi connectivity index (χ0v) is 16.6. The van der Waals surface area contributed by atoms with Gasteiger partial charge in [0.1, 0.15) is 5.56 Å². The fourth-order valence-electron chi connectivity index (χ4n) is 3.43. The number of thiophene rings is 1. The predicted molar refractivity (Wildman–Crippen MR) is 110 cm³/mol. The van der Waals surface area contributed by atoms with Gasteiger partial charge in [-0.25, -0.2) is 0 Å². The summed E-state index contributed by atoms with van der Waals surface area (Å²) in [6, 6.07) is 12.1. The van der Waals surface area contributed by atoms with Gasteiger partial charge >= 0.3 is 6.18 Å². The van der Waals surface area contributed by atoms with Gasteiger partial charge in [0.2, 0.25) is 0 Å². The quantitative estimate of drug-likeness (QED) is 0.677. The Morgan fingerprint density at radius 2 is 1.77 bits per heavy atom. The van der Waals surface area contributed by atoms with Crippen molar-refractivity contribution in [1.29, 1.82) is 0 Å². The smallest absolute Gasteiger partial charge is 0.368 e. The number of alkyl halides is 3. The largest absolute Gasteiger partial charge is 0.416 e. The summed E-state index contributed by atoms with van der Waals surface area (Å²) >= 11 is 1.49. The van der Waals surface area contributed by atoms with Crippen molar-refractivity contribution >= 4 is 22.9 Å². The van der Waals surface area contributed by atoms with Gasteiger partial charge in [0, 0.05) is 31.9 Å². The molecule has 1 aromatic carbocycles. The van der Waals surface area contributed by atoms with E-state index in [1.807, 2.05) is 22.4 Å². The van der Waals surface area contributed by atoms with Crippen LogP contribution in [0.15, 0.2) is 58.7 Å². The maximum Gasteiger partial charge on any atom is 0.416 e. The molecule has 3 aromatic rings. The predicted octanol–water partition coefficient (Wildman–Crippen LogP) is 4.08. The number of amides is 1. The van der Waals surface area contributed by atoms with Gasteiger partial charge in [0.15, 0.2) is 0 Å². The van der Waals surface area contributed by atoms with E-state index in [4.69, 9.17) is 0 Å². The molecule has 30 heavy (non-hydrogen) atoms. The van der Waals surface area contributed by atoms with Crippen molar-refractivity contribution < 1.29 is 18.0 Å². The zero-order valence-electron chi connectivity index (χ0n) is 15.8. The van der Waals surface area contributed by atoms with E-state index < -0.39 is 17.3 Å². The number of piperazine rings is 1. The lowest BCUT2D eigenvalue weighted by Crippen LogP contribution is -2.49. The number of H-pyrrole nitrogens is 1. The first-order valence-corrected chi connectivity index (χ1v) is 10.2. The fourth-order valence-corrected chi connectivity index (χ4v) is 4.14. The lowest BCUT2D eigenvalue weighted by molar-refractivity contribution is -0.137. The topological polar surface area (TPSA) is 56.4 Å². The highest BCUT2D eigenvalue weighted by molar-refractivity contribution is 7.13. The number of nitrogens with one attached hydrogen (secondary N) is 1. The van der Waals surface area contributed by atoms with E-state index in [1.54, 1.807) is 17.0 Å². The SMILES string of the molecule is O=C(c1ccc(-c2cccs2)[nH]c1=O)N1CCN(c2cccc(C(F)(F)F)c2)CC1. The number of anilines is 1.